The predicted molar refractivity (Wildman–Crippen MR) is 168 cm³/mol. The van der Waals surface area contributed by atoms with Crippen molar-refractivity contribution in [2.75, 3.05) is 4.90 Å². The van der Waals surface area contributed by atoms with E-state index >= 15 is 0 Å². The Hall–Kier alpha value is -4.69. The fraction of sp³-hybridized carbons (Fsp3) is 0.128. The molecule has 6 aromatic rings. The zero-order valence-electron chi connectivity index (χ0n) is 23.2. The molecule has 2 aliphatic carbocycles. The number of anilines is 3. The van der Waals surface area contributed by atoms with Crippen LogP contribution in [0.3, 0.4) is 0 Å². The third-order valence-corrected chi connectivity index (χ3v) is 9.35. The summed E-state index contributed by atoms with van der Waals surface area (Å²) in [6.45, 7) is 4.83. The van der Waals surface area contributed by atoms with Crippen LogP contribution in [0.5, 0.6) is 0 Å². The quantitative estimate of drug-likeness (QED) is 0.219. The van der Waals surface area contributed by atoms with Crippen molar-refractivity contribution in [2.24, 2.45) is 0 Å². The van der Waals surface area contributed by atoms with Gasteiger partial charge in [0.1, 0.15) is 5.82 Å². The van der Waals surface area contributed by atoms with Crippen LogP contribution in [0.1, 0.15) is 47.9 Å². The van der Waals surface area contributed by atoms with Crippen molar-refractivity contribution in [3.63, 3.8) is 0 Å². The maximum atomic E-state index is 14.4. The summed E-state index contributed by atoms with van der Waals surface area (Å²) in [4.78, 5) is 2.13. The Morgan fingerprint density at radius 3 is 1.98 bits per heavy atom. The Kier molecular flexibility index (Phi) is 5.24. The van der Waals surface area contributed by atoms with Crippen molar-refractivity contribution in [3.8, 4) is 11.1 Å². The van der Waals surface area contributed by atoms with Crippen molar-refractivity contribution in [3.05, 3.63) is 162 Å². The van der Waals surface area contributed by atoms with E-state index in [4.69, 9.17) is 0 Å². The molecule has 0 bridgehead atoms. The van der Waals surface area contributed by atoms with Gasteiger partial charge in [-0.25, -0.2) is 4.39 Å². The molecule has 0 heterocycles. The van der Waals surface area contributed by atoms with Gasteiger partial charge in [0.2, 0.25) is 0 Å². The van der Waals surface area contributed by atoms with Crippen LogP contribution in [0.4, 0.5) is 21.5 Å². The molecule has 0 aliphatic heterocycles. The second kappa shape index (κ2) is 8.91. The fourth-order valence-corrected chi connectivity index (χ4v) is 7.60. The van der Waals surface area contributed by atoms with E-state index in [0.29, 0.717) is 11.8 Å². The van der Waals surface area contributed by atoms with Crippen LogP contribution in [0, 0.1) is 5.82 Å². The predicted octanol–water partition coefficient (Wildman–Crippen LogP) is 10.6. The van der Waals surface area contributed by atoms with Gasteiger partial charge in [0.15, 0.2) is 0 Å². The molecule has 2 aliphatic rings. The molecule has 0 fully saturated rings. The van der Waals surface area contributed by atoms with E-state index in [9.17, 15) is 4.39 Å². The van der Waals surface area contributed by atoms with Crippen molar-refractivity contribution >= 4 is 27.8 Å². The van der Waals surface area contributed by atoms with Crippen LogP contribution in [-0.2, 0) is 5.41 Å². The third kappa shape index (κ3) is 3.60. The Labute approximate surface area is 240 Å². The first-order valence-electron chi connectivity index (χ1n) is 14.4. The van der Waals surface area contributed by atoms with E-state index in [1.807, 2.05) is 24.3 Å². The van der Waals surface area contributed by atoms with Gasteiger partial charge >= 0.3 is 0 Å². The molecule has 0 radical (unpaired) electrons. The lowest BCUT2D eigenvalue weighted by molar-refractivity contribution is 0.420. The summed E-state index contributed by atoms with van der Waals surface area (Å²) in [5, 5.41) is 2.43. The zero-order valence-corrected chi connectivity index (χ0v) is 23.2. The summed E-state index contributed by atoms with van der Waals surface area (Å²) in [6, 6.07) is 46.5. The molecule has 0 spiro atoms. The maximum absolute atomic E-state index is 14.4. The summed E-state index contributed by atoms with van der Waals surface area (Å²) in [5.74, 6) is 0.447. The molecule has 2 atom stereocenters. The average molecular weight is 532 g/mol. The standard InChI is InChI=1S/C39H30FN/c1-39(2)36-23-26-21-30(41(28-12-4-3-5-13-28)29-14-10-11-27(40)24-29)20-19-25(26)22-35(36)37-33-17-8-6-15-31(33)32-16-7-9-18-34(32)38(37)39/h3-24,37-38H,1-2H3. The number of nitrogens with zero attached hydrogens (tertiary/aromatic N) is 1. The average Bonchev–Trinajstić information content (AvgIpc) is 3.23. The molecule has 0 saturated carbocycles. The molecule has 198 valence electrons. The molecule has 0 aromatic heterocycles. The second-order valence-corrected chi connectivity index (χ2v) is 12.0. The van der Waals surface area contributed by atoms with E-state index < -0.39 is 0 Å². The van der Waals surface area contributed by atoms with Crippen molar-refractivity contribution in [1.29, 1.82) is 0 Å². The summed E-state index contributed by atoms with van der Waals surface area (Å²) in [5.41, 5.74) is 11.2. The third-order valence-electron chi connectivity index (χ3n) is 9.35. The SMILES string of the molecule is CC1(C)c2cc3cc(N(c4ccccc4)c4cccc(F)c4)ccc3cc2C2c3ccccc3-c3ccccc3C21. The molecule has 1 nitrogen and oxygen atoms in total. The van der Waals surface area contributed by atoms with E-state index in [1.54, 1.807) is 12.1 Å². The van der Waals surface area contributed by atoms with Gasteiger partial charge < -0.3 is 4.90 Å². The van der Waals surface area contributed by atoms with E-state index in [0.717, 1.165) is 17.1 Å². The van der Waals surface area contributed by atoms with Gasteiger partial charge in [-0.15, -0.1) is 0 Å². The summed E-state index contributed by atoms with van der Waals surface area (Å²) in [7, 11) is 0. The highest BCUT2D eigenvalue weighted by molar-refractivity contribution is 5.92. The Balaban J connectivity index is 1.33. The minimum Gasteiger partial charge on any atom is -0.310 e. The minimum absolute atomic E-state index is 0.0461. The maximum Gasteiger partial charge on any atom is 0.125 e. The fourth-order valence-electron chi connectivity index (χ4n) is 7.60. The van der Waals surface area contributed by atoms with Crippen LogP contribution in [-0.4, -0.2) is 0 Å². The zero-order chi connectivity index (χ0) is 27.7. The Morgan fingerprint density at radius 2 is 1.20 bits per heavy atom. The van der Waals surface area contributed by atoms with Gasteiger partial charge in [0.05, 0.1) is 0 Å². The molecule has 0 N–H and O–H groups in total. The van der Waals surface area contributed by atoms with Gasteiger partial charge in [-0.3, -0.25) is 0 Å². The van der Waals surface area contributed by atoms with Crippen molar-refractivity contribution in [2.45, 2.75) is 31.1 Å². The number of para-hydroxylation sites is 1. The molecule has 41 heavy (non-hydrogen) atoms. The lowest BCUT2D eigenvalue weighted by Crippen LogP contribution is -2.27. The first kappa shape index (κ1) is 24.1. The molecule has 0 saturated heterocycles. The van der Waals surface area contributed by atoms with Gasteiger partial charge in [0, 0.05) is 28.9 Å². The summed E-state index contributed by atoms with van der Waals surface area (Å²) in [6.07, 6.45) is 0. The number of hydrogen-bond donors (Lipinski definition) is 0. The van der Waals surface area contributed by atoms with E-state index in [2.05, 4.69) is 110 Å². The number of benzene rings is 6. The second-order valence-electron chi connectivity index (χ2n) is 12.0. The largest absolute Gasteiger partial charge is 0.310 e. The molecular formula is C39H30FN. The lowest BCUT2D eigenvalue weighted by Gasteiger charge is -2.38. The normalized spacial score (nSPS) is 17.8. The molecule has 2 heteroatoms. The first-order valence-corrected chi connectivity index (χ1v) is 14.4. The van der Waals surface area contributed by atoms with Crippen molar-refractivity contribution < 1.29 is 4.39 Å². The molecule has 6 aromatic carbocycles. The number of hydrogen-bond acceptors (Lipinski definition) is 1. The highest BCUT2D eigenvalue weighted by Crippen LogP contribution is 2.63. The van der Waals surface area contributed by atoms with Crippen molar-refractivity contribution in [1.82, 2.24) is 0 Å². The molecule has 2 unspecified atom stereocenters. The lowest BCUT2D eigenvalue weighted by atomic mass is 9.65. The van der Waals surface area contributed by atoms with Crippen LogP contribution >= 0.6 is 0 Å². The first-order chi connectivity index (χ1) is 20.0. The summed E-state index contributed by atoms with van der Waals surface area (Å²) < 4.78 is 14.4. The highest BCUT2D eigenvalue weighted by atomic mass is 19.1. The van der Waals surface area contributed by atoms with E-state index in [1.165, 1.54) is 50.2 Å². The van der Waals surface area contributed by atoms with E-state index in [-0.39, 0.29) is 11.2 Å². The number of rotatable bonds is 3. The minimum atomic E-state index is -0.244. The number of halogens is 1. The van der Waals surface area contributed by atoms with Crippen LogP contribution < -0.4 is 4.90 Å². The highest BCUT2D eigenvalue weighted by Gasteiger charge is 2.50. The summed E-state index contributed by atoms with van der Waals surface area (Å²) >= 11 is 0. The molecule has 0 amide bonds. The Bertz CT molecular complexity index is 1950. The van der Waals surface area contributed by atoms with Crippen LogP contribution in [0.15, 0.2) is 133 Å². The molecule has 8 rings (SSSR count). The topological polar surface area (TPSA) is 3.24 Å². The Morgan fingerprint density at radius 1 is 0.537 bits per heavy atom. The number of fused-ring (bicyclic) bond motifs is 9. The van der Waals surface area contributed by atoms with Crippen LogP contribution in [0.25, 0.3) is 21.9 Å². The van der Waals surface area contributed by atoms with Crippen LogP contribution in [0.2, 0.25) is 0 Å². The van der Waals surface area contributed by atoms with Gasteiger partial charge in [-0.2, -0.15) is 0 Å². The molecular weight excluding hydrogens is 501 g/mol. The monoisotopic (exact) mass is 531 g/mol. The van der Waals surface area contributed by atoms with Gasteiger partial charge in [-0.1, -0.05) is 105 Å². The smallest absolute Gasteiger partial charge is 0.125 e. The van der Waals surface area contributed by atoms with Gasteiger partial charge in [0.25, 0.3) is 0 Å². The van der Waals surface area contributed by atoms with Gasteiger partial charge in [-0.05, 0) is 92.0 Å².